The van der Waals surface area contributed by atoms with Crippen molar-refractivity contribution >= 4 is 0 Å². The molecule has 1 aromatic rings. The van der Waals surface area contributed by atoms with Crippen LogP contribution in [0.25, 0.3) is 0 Å². The van der Waals surface area contributed by atoms with Crippen LogP contribution in [0.15, 0.2) is 18.3 Å². The van der Waals surface area contributed by atoms with Gasteiger partial charge < -0.3 is 4.74 Å². The predicted molar refractivity (Wildman–Crippen MR) is 54.9 cm³/mol. The highest BCUT2D eigenvalue weighted by molar-refractivity contribution is 5.10. The molecule has 3 atom stereocenters. The minimum Gasteiger partial charge on any atom is -0.375 e. The number of nitrogens with zero attached hydrogens (tertiary/aromatic N) is 2. The maximum Gasteiger partial charge on any atom is 0.108 e. The van der Waals surface area contributed by atoms with E-state index in [2.05, 4.69) is 27.6 Å². The van der Waals surface area contributed by atoms with Gasteiger partial charge in [-0.05, 0) is 30.6 Å². The van der Waals surface area contributed by atoms with Gasteiger partial charge in [-0.2, -0.15) is 15.4 Å². The molecule has 1 fully saturated rings. The molecule has 1 aromatic heterocycles. The fourth-order valence-electron chi connectivity index (χ4n) is 2.70. The largest absolute Gasteiger partial charge is 0.375 e. The van der Waals surface area contributed by atoms with Gasteiger partial charge in [0.2, 0.25) is 0 Å². The smallest absolute Gasteiger partial charge is 0.108 e. The molecule has 0 spiro atoms. The third-order valence-corrected chi connectivity index (χ3v) is 3.46. The summed E-state index contributed by atoms with van der Waals surface area (Å²) >= 11 is 0. The van der Waals surface area contributed by atoms with Crippen LogP contribution in [0, 0.1) is 17.8 Å². The molecule has 0 saturated heterocycles. The molecule has 0 radical (unpaired) electrons. The number of fused-ring (bicyclic) bond motifs is 2. The second-order valence-corrected chi connectivity index (χ2v) is 4.52. The quantitative estimate of drug-likeness (QED) is 0.758. The lowest BCUT2D eigenvalue weighted by Gasteiger charge is -2.17. The number of aromatic nitrogens is 3. The average molecular weight is 205 g/mol. The van der Waals surface area contributed by atoms with E-state index >= 15 is 0 Å². The lowest BCUT2D eigenvalue weighted by atomic mass is 9.95. The minimum atomic E-state index is 0.577. The fraction of sp³-hybridized carbons (Fsp3) is 0.636. The monoisotopic (exact) mass is 205 g/mol. The molecule has 2 bridgehead atoms. The lowest BCUT2D eigenvalue weighted by molar-refractivity contribution is 0.0768. The summed E-state index contributed by atoms with van der Waals surface area (Å²) in [5, 5.41) is 10.3. The minimum absolute atomic E-state index is 0.577. The van der Waals surface area contributed by atoms with E-state index in [-0.39, 0.29) is 0 Å². The van der Waals surface area contributed by atoms with Crippen LogP contribution in [0.5, 0.6) is 0 Å². The van der Waals surface area contributed by atoms with Crippen molar-refractivity contribution in [1.29, 1.82) is 0 Å². The van der Waals surface area contributed by atoms with E-state index in [1.165, 1.54) is 12.8 Å². The Bertz CT molecular complexity index is 347. The van der Waals surface area contributed by atoms with Crippen molar-refractivity contribution < 1.29 is 4.74 Å². The van der Waals surface area contributed by atoms with Crippen molar-refractivity contribution in [3.63, 3.8) is 0 Å². The van der Waals surface area contributed by atoms with Gasteiger partial charge >= 0.3 is 0 Å². The summed E-state index contributed by atoms with van der Waals surface area (Å²) in [4.78, 5) is 0. The molecule has 0 amide bonds. The van der Waals surface area contributed by atoms with Gasteiger partial charge in [0, 0.05) is 0 Å². The molecular weight excluding hydrogens is 190 g/mol. The van der Waals surface area contributed by atoms with E-state index in [9.17, 15) is 0 Å². The lowest BCUT2D eigenvalue weighted by Crippen LogP contribution is -2.14. The molecule has 1 heterocycles. The van der Waals surface area contributed by atoms with Crippen molar-refractivity contribution in [1.82, 2.24) is 15.4 Å². The Kier molecular flexibility index (Phi) is 2.29. The molecule has 2 aliphatic carbocycles. The first-order valence-corrected chi connectivity index (χ1v) is 5.52. The fourth-order valence-corrected chi connectivity index (χ4v) is 2.70. The van der Waals surface area contributed by atoms with E-state index in [1.54, 1.807) is 6.20 Å². The number of ether oxygens (including phenoxy) is 1. The SMILES string of the molecule is C1=C[C@H]2C[C@@H]1CC2COCc1cn[nH]n1. The van der Waals surface area contributed by atoms with Gasteiger partial charge in [-0.3, -0.25) is 0 Å². The van der Waals surface area contributed by atoms with Gasteiger partial charge in [-0.15, -0.1) is 0 Å². The second-order valence-electron chi connectivity index (χ2n) is 4.52. The summed E-state index contributed by atoms with van der Waals surface area (Å²) in [5.41, 5.74) is 0.883. The summed E-state index contributed by atoms with van der Waals surface area (Å²) in [6, 6.07) is 0. The molecule has 80 valence electrons. The molecule has 15 heavy (non-hydrogen) atoms. The molecule has 1 saturated carbocycles. The molecule has 2 aliphatic rings. The van der Waals surface area contributed by atoms with Gasteiger partial charge in [-0.25, -0.2) is 0 Å². The molecule has 4 heteroatoms. The van der Waals surface area contributed by atoms with Gasteiger partial charge in [0.25, 0.3) is 0 Å². The maximum atomic E-state index is 5.66. The highest BCUT2D eigenvalue weighted by Gasteiger charge is 2.35. The van der Waals surface area contributed by atoms with Crippen LogP contribution < -0.4 is 0 Å². The Hall–Kier alpha value is -1.16. The topological polar surface area (TPSA) is 50.8 Å². The van der Waals surface area contributed by atoms with Crippen LogP contribution in [0.1, 0.15) is 18.5 Å². The number of hydrogen-bond acceptors (Lipinski definition) is 3. The van der Waals surface area contributed by atoms with E-state index in [4.69, 9.17) is 4.74 Å². The standard InChI is InChI=1S/C11H15N3O/c1-2-9-3-8(1)4-10(9)6-15-7-11-5-12-14-13-11/h1-2,5,8-10H,3-4,6-7H2,(H,12,13,14)/t8-,9+,10?/m1/s1. The summed E-state index contributed by atoms with van der Waals surface area (Å²) in [5.74, 6) is 2.33. The van der Waals surface area contributed by atoms with Crippen molar-refractivity contribution in [2.45, 2.75) is 19.4 Å². The van der Waals surface area contributed by atoms with Crippen molar-refractivity contribution in [3.05, 3.63) is 24.0 Å². The third-order valence-electron chi connectivity index (χ3n) is 3.46. The predicted octanol–water partition coefficient (Wildman–Crippen LogP) is 1.53. The molecule has 4 nitrogen and oxygen atoms in total. The van der Waals surface area contributed by atoms with Gasteiger partial charge in [-0.1, -0.05) is 12.2 Å². The highest BCUT2D eigenvalue weighted by Crippen LogP contribution is 2.43. The van der Waals surface area contributed by atoms with Gasteiger partial charge in [0.1, 0.15) is 5.69 Å². The van der Waals surface area contributed by atoms with E-state index in [1.807, 2.05) is 0 Å². The van der Waals surface area contributed by atoms with Crippen molar-refractivity contribution in [3.8, 4) is 0 Å². The van der Waals surface area contributed by atoms with Crippen LogP contribution in [0.2, 0.25) is 0 Å². The number of aromatic amines is 1. The molecule has 1 unspecified atom stereocenters. The first-order valence-electron chi connectivity index (χ1n) is 5.52. The molecule has 0 aromatic carbocycles. The van der Waals surface area contributed by atoms with E-state index < -0.39 is 0 Å². The van der Waals surface area contributed by atoms with E-state index in [0.717, 1.165) is 30.1 Å². The molecule has 1 N–H and O–H groups in total. The van der Waals surface area contributed by atoms with Crippen LogP contribution in [0.4, 0.5) is 0 Å². The number of hydrogen-bond donors (Lipinski definition) is 1. The summed E-state index contributed by atoms with van der Waals surface area (Å²) in [6.45, 7) is 1.44. The summed E-state index contributed by atoms with van der Waals surface area (Å²) in [6.07, 6.45) is 9.08. The third kappa shape index (κ3) is 1.81. The van der Waals surface area contributed by atoms with E-state index in [0.29, 0.717) is 6.61 Å². The van der Waals surface area contributed by atoms with Crippen LogP contribution in [-0.4, -0.2) is 22.0 Å². The number of rotatable bonds is 4. The van der Waals surface area contributed by atoms with Crippen LogP contribution >= 0.6 is 0 Å². The zero-order valence-corrected chi connectivity index (χ0v) is 8.60. The first kappa shape index (κ1) is 9.09. The Labute approximate surface area is 88.7 Å². The summed E-state index contributed by atoms with van der Waals surface area (Å²) < 4.78 is 5.66. The van der Waals surface area contributed by atoms with Crippen molar-refractivity contribution in [2.75, 3.05) is 6.61 Å². The Balaban J connectivity index is 1.45. The number of allylic oxidation sites excluding steroid dienone is 2. The Morgan fingerprint density at radius 3 is 3.07 bits per heavy atom. The highest BCUT2D eigenvalue weighted by atomic mass is 16.5. The average Bonchev–Trinajstić information content (AvgIpc) is 2.93. The normalized spacial score (nSPS) is 32.7. The number of nitrogens with one attached hydrogen (secondary N) is 1. The zero-order chi connectivity index (χ0) is 10.1. The van der Waals surface area contributed by atoms with Gasteiger partial charge in [0.05, 0.1) is 19.4 Å². The first-order chi connectivity index (χ1) is 7.42. The van der Waals surface area contributed by atoms with Gasteiger partial charge in [0.15, 0.2) is 0 Å². The summed E-state index contributed by atoms with van der Waals surface area (Å²) in [7, 11) is 0. The molecular formula is C11H15N3O. The van der Waals surface area contributed by atoms with Crippen LogP contribution in [0.3, 0.4) is 0 Å². The maximum absolute atomic E-state index is 5.66. The second kappa shape index (κ2) is 3.77. The van der Waals surface area contributed by atoms with Crippen molar-refractivity contribution in [2.24, 2.45) is 17.8 Å². The number of H-pyrrole nitrogens is 1. The molecule has 3 rings (SSSR count). The Morgan fingerprint density at radius 2 is 2.40 bits per heavy atom. The zero-order valence-electron chi connectivity index (χ0n) is 8.60. The van der Waals surface area contributed by atoms with Crippen LogP contribution in [-0.2, 0) is 11.3 Å². The molecule has 0 aliphatic heterocycles. The Morgan fingerprint density at radius 1 is 1.40 bits per heavy atom.